The Morgan fingerprint density at radius 2 is 1.70 bits per heavy atom. The second kappa shape index (κ2) is 12.4. The van der Waals surface area contributed by atoms with Crippen LogP contribution in [0.4, 0.5) is 8.78 Å². The van der Waals surface area contributed by atoms with Gasteiger partial charge in [-0.3, -0.25) is 4.79 Å². The zero-order valence-electron chi connectivity index (χ0n) is 25.2. The van der Waals surface area contributed by atoms with Crippen molar-refractivity contribution in [3.63, 3.8) is 0 Å². The number of fused-ring (bicyclic) bond motifs is 1. The molecule has 1 aliphatic carbocycles. The third-order valence-corrected chi connectivity index (χ3v) is 8.51. The number of hydrogen-bond acceptors (Lipinski definition) is 7. The summed E-state index contributed by atoms with van der Waals surface area (Å²) in [5.41, 5.74) is 4.07. The molecule has 7 rings (SSSR count). The summed E-state index contributed by atoms with van der Waals surface area (Å²) in [6.07, 6.45) is 2.89. The Bertz CT molecular complexity index is 1970. The fourth-order valence-electron chi connectivity index (χ4n) is 5.62. The molecular weight excluding hydrogens is 592 g/mol. The van der Waals surface area contributed by atoms with Gasteiger partial charge in [-0.1, -0.05) is 30.3 Å². The van der Waals surface area contributed by atoms with E-state index < -0.39 is 17.6 Å². The number of Topliss-reactive ketones (excluding diaryl/α,β-unsaturated/α-hetero) is 1. The number of carbonyl (C=O) groups is 2. The molecule has 2 fully saturated rings. The summed E-state index contributed by atoms with van der Waals surface area (Å²) in [6, 6.07) is 19.7. The molecule has 1 saturated heterocycles. The molecule has 8 nitrogen and oxygen atoms in total. The monoisotopic (exact) mass is 623 g/mol. The summed E-state index contributed by atoms with van der Waals surface area (Å²) in [4.78, 5) is 33.7. The van der Waals surface area contributed by atoms with Gasteiger partial charge < -0.3 is 18.8 Å². The van der Waals surface area contributed by atoms with Gasteiger partial charge in [-0.2, -0.15) is 0 Å². The maximum Gasteiger partial charge on any atom is 0.337 e. The van der Waals surface area contributed by atoms with Crippen LogP contribution in [0, 0.1) is 17.6 Å². The van der Waals surface area contributed by atoms with Crippen LogP contribution in [0.5, 0.6) is 5.88 Å². The van der Waals surface area contributed by atoms with Crippen molar-refractivity contribution in [3.8, 4) is 17.1 Å². The molecule has 0 amide bonds. The maximum atomic E-state index is 15.6. The lowest BCUT2D eigenvalue weighted by Gasteiger charge is -2.27. The molecule has 1 atom stereocenters. The number of imidazole rings is 1. The van der Waals surface area contributed by atoms with Crippen LogP contribution in [-0.4, -0.2) is 46.1 Å². The standard InChI is InChI=1S/C36H31F2N3O5/c1-44-36(43)25-11-12-31-32(17-25)41(19-27-13-14-45-27)33(39-31)18-22-7-8-23(15-28(22)37)30-3-2-4-34(40-30)46-20-26-10-9-24(16-29(26)38)35(42)21-5-6-21/h2-4,7-12,15-17,21,27H,5-6,13-14,18-20H2,1H3/t27-/m0/s1. The van der Waals surface area contributed by atoms with Crippen LogP contribution in [0.1, 0.15) is 56.9 Å². The van der Waals surface area contributed by atoms with E-state index in [0.29, 0.717) is 58.0 Å². The van der Waals surface area contributed by atoms with Gasteiger partial charge >= 0.3 is 5.97 Å². The first-order valence-corrected chi connectivity index (χ1v) is 15.3. The molecule has 0 radical (unpaired) electrons. The van der Waals surface area contributed by atoms with Gasteiger partial charge in [0.05, 0.1) is 42.0 Å². The van der Waals surface area contributed by atoms with Gasteiger partial charge in [0.1, 0.15) is 24.1 Å². The Morgan fingerprint density at radius 1 is 0.913 bits per heavy atom. The number of halogens is 2. The van der Waals surface area contributed by atoms with Crippen LogP contribution in [0.3, 0.4) is 0 Å². The number of carbonyl (C=O) groups excluding carboxylic acids is 2. The third-order valence-electron chi connectivity index (χ3n) is 8.51. The van der Waals surface area contributed by atoms with E-state index in [9.17, 15) is 14.0 Å². The molecule has 10 heteroatoms. The van der Waals surface area contributed by atoms with Gasteiger partial charge in [0.15, 0.2) is 5.78 Å². The van der Waals surface area contributed by atoms with E-state index in [0.717, 1.165) is 24.8 Å². The molecule has 0 spiro atoms. The normalized spacial score (nSPS) is 15.8. The van der Waals surface area contributed by atoms with Crippen LogP contribution in [0.15, 0.2) is 72.8 Å². The number of benzene rings is 3. The number of pyridine rings is 1. The van der Waals surface area contributed by atoms with Crippen molar-refractivity contribution in [1.82, 2.24) is 14.5 Å². The highest BCUT2D eigenvalue weighted by atomic mass is 19.1. The molecule has 2 aromatic heterocycles. The summed E-state index contributed by atoms with van der Waals surface area (Å²) in [7, 11) is 1.34. The van der Waals surface area contributed by atoms with E-state index in [-0.39, 0.29) is 36.7 Å². The highest BCUT2D eigenvalue weighted by molar-refractivity contribution is 5.99. The Kier molecular flexibility index (Phi) is 8.04. The van der Waals surface area contributed by atoms with Gasteiger partial charge in [-0.25, -0.2) is 23.5 Å². The predicted molar refractivity (Wildman–Crippen MR) is 166 cm³/mol. The number of methoxy groups -OCH3 is 1. The number of ketones is 1. The van der Waals surface area contributed by atoms with Crippen molar-refractivity contribution >= 4 is 22.8 Å². The van der Waals surface area contributed by atoms with E-state index >= 15 is 4.39 Å². The number of rotatable bonds is 11. The van der Waals surface area contributed by atoms with E-state index in [1.165, 1.54) is 19.2 Å². The minimum absolute atomic E-state index is 0.0184. The summed E-state index contributed by atoms with van der Waals surface area (Å²) in [5, 5.41) is 0. The van der Waals surface area contributed by atoms with E-state index in [1.807, 2.05) is 4.57 Å². The lowest BCUT2D eigenvalue weighted by Crippen LogP contribution is -2.31. The Morgan fingerprint density at radius 3 is 2.41 bits per heavy atom. The van der Waals surface area contributed by atoms with Gasteiger partial charge in [0.2, 0.25) is 5.88 Å². The van der Waals surface area contributed by atoms with E-state index in [2.05, 4.69) is 4.98 Å². The van der Waals surface area contributed by atoms with E-state index in [4.69, 9.17) is 19.2 Å². The van der Waals surface area contributed by atoms with Crippen LogP contribution in [-0.2, 0) is 29.0 Å². The number of aromatic nitrogens is 3. The minimum atomic E-state index is -0.502. The SMILES string of the molecule is COC(=O)c1ccc2nc(Cc3ccc(-c4cccc(OCc5ccc(C(=O)C6CC6)cc5F)n4)cc3F)n(C[C@@H]3CCO3)c2c1. The topological polar surface area (TPSA) is 92.5 Å². The molecule has 2 aliphatic rings. The van der Waals surface area contributed by atoms with Crippen LogP contribution in [0.25, 0.3) is 22.3 Å². The summed E-state index contributed by atoms with van der Waals surface area (Å²) in [6.45, 7) is 1.17. The molecule has 1 saturated carbocycles. The molecule has 5 aromatic rings. The molecule has 3 heterocycles. The Hall–Kier alpha value is -4.96. The molecular formula is C36H31F2N3O5. The van der Waals surface area contributed by atoms with Crippen LogP contribution < -0.4 is 4.74 Å². The van der Waals surface area contributed by atoms with Crippen molar-refractivity contribution in [2.45, 2.75) is 44.9 Å². The minimum Gasteiger partial charge on any atom is -0.473 e. The largest absolute Gasteiger partial charge is 0.473 e. The summed E-state index contributed by atoms with van der Waals surface area (Å²) < 4.78 is 48.6. The highest BCUT2D eigenvalue weighted by Crippen LogP contribution is 2.33. The second-order valence-electron chi connectivity index (χ2n) is 11.7. The van der Waals surface area contributed by atoms with Crippen molar-refractivity contribution < 1.29 is 32.6 Å². The third kappa shape index (κ3) is 6.12. The van der Waals surface area contributed by atoms with Gasteiger partial charge in [0, 0.05) is 41.7 Å². The first-order chi connectivity index (χ1) is 22.4. The molecule has 46 heavy (non-hydrogen) atoms. The van der Waals surface area contributed by atoms with Crippen molar-refractivity contribution in [2.75, 3.05) is 13.7 Å². The van der Waals surface area contributed by atoms with Crippen molar-refractivity contribution in [1.29, 1.82) is 0 Å². The number of hydrogen-bond donors (Lipinski definition) is 0. The molecule has 0 bridgehead atoms. The highest BCUT2D eigenvalue weighted by Gasteiger charge is 2.30. The number of ether oxygens (including phenoxy) is 3. The van der Waals surface area contributed by atoms with Crippen molar-refractivity contribution in [3.05, 3.63) is 113 Å². The first kappa shape index (κ1) is 29.7. The molecule has 0 unspecified atom stereocenters. The maximum absolute atomic E-state index is 15.6. The Labute approximate surface area is 264 Å². The average Bonchev–Trinajstić information content (AvgIpc) is 3.84. The van der Waals surface area contributed by atoms with Gasteiger partial charge in [0.25, 0.3) is 0 Å². The van der Waals surface area contributed by atoms with Crippen molar-refractivity contribution in [2.24, 2.45) is 5.92 Å². The lowest BCUT2D eigenvalue weighted by molar-refractivity contribution is -0.0589. The molecule has 1 aliphatic heterocycles. The molecule has 3 aromatic carbocycles. The quantitative estimate of drug-likeness (QED) is 0.119. The summed E-state index contributed by atoms with van der Waals surface area (Å²) >= 11 is 0. The fourth-order valence-corrected chi connectivity index (χ4v) is 5.62. The zero-order chi connectivity index (χ0) is 31.8. The second-order valence-corrected chi connectivity index (χ2v) is 11.7. The van der Waals surface area contributed by atoms with Gasteiger partial charge in [-0.05, 0) is 61.2 Å². The Balaban J connectivity index is 1.08. The number of nitrogens with zero attached hydrogens (tertiary/aromatic N) is 3. The fraction of sp³-hybridized carbons (Fsp3) is 0.278. The summed E-state index contributed by atoms with van der Waals surface area (Å²) in [5.74, 6) is -0.438. The van der Waals surface area contributed by atoms with E-state index in [1.54, 1.807) is 60.7 Å². The zero-order valence-corrected chi connectivity index (χ0v) is 25.2. The van der Waals surface area contributed by atoms with Crippen LogP contribution in [0.2, 0.25) is 0 Å². The first-order valence-electron chi connectivity index (χ1n) is 15.3. The predicted octanol–water partition coefficient (Wildman–Crippen LogP) is 6.71. The van der Waals surface area contributed by atoms with Crippen LogP contribution >= 0.6 is 0 Å². The average molecular weight is 624 g/mol. The number of esters is 1. The smallest absolute Gasteiger partial charge is 0.337 e. The molecule has 234 valence electrons. The lowest BCUT2D eigenvalue weighted by atomic mass is 10.0. The van der Waals surface area contributed by atoms with Gasteiger partial charge in [-0.15, -0.1) is 0 Å². The molecule has 0 N–H and O–H groups in total.